The second kappa shape index (κ2) is 15.7. The molecule has 56 valence electrons. The molecule has 0 bridgehead atoms. The van der Waals surface area contributed by atoms with Gasteiger partial charge in [0.1, 0.15) is 0 Å². The zero-order valence-electron chi connectivity index (χ0n) is 5.53. The van der Waals surface area contributed by atoms with Gasteiger partial charge in [0.05, 0.1) is 12.0 Å². The van der Waals surface area contributed by atoms with E-state index in [1.807, 2.05) is 13.8 Å². The Kier molecular flexibility index (Phi) is 20.1. The third-order valence-electron chi connectivity index (χ3n) is 0.213. The molecule has 5 heteroatoms. The predicted octanol–water partition coefficient (Wildman–Crippen LogP) is 0.913. The molecule has 0 spiro atoms. The van der Waals surface area contributed by atoms with Crippen LogP contribution in [0.4, 0.5) is 0 Å². The molecule has 4 nitrogen and oxygen atoms in total. The van der Waals surface area contributed by atoms with Gasteiger partial charge in [-0.15, -0.1) is 9.32 Å². The summed E-state index contributed by atoms with van der Waals surface area (Å²) in [5.74, 6) is 4.45. The summed E-state index contributed by atoms with van der Waals surface area (Å²) in [7, 11) is 0. The van der Waals surface area contributed by atoms with Crippen LogP contribution in [0.3, 0.4) is 0 Å². The molecule has 0 atom stereocenters. The second-order valence-corrected chi connectivity index (χ2v) is 1.19. The first-order chi connectivity index (χ1) is 4.41. The maximum absolute atomic E-state index is 4.89. The molecule has 0 aliphatic rings. The monoisotopic (exact) mass is 152 g/mol. The number of hydrogen-bond acceptors (Lipinski definition) is 5. The van der Waals surface area contributed by atoms with Crippen molar-refractivity contribution in [1.82, 2.24) is 0 Å². The van der Waals surface area contributed by atoms with Crippen molar-refractivity contribution in [1.29, 1.82) is 0 Å². The molecule has 0 fully saturated rings. The van der Waals surface area contributed by atoms with Crippen LogP contribution in [-0.2, 0) is 9.32 Å². The summed E-state index contributed by atoms with van der Waals surface area (Å²) in [6, 6.07) is 0. The van der Waals surface area contributed by atoms with Crippen LogP contribution in [-0.4, -0.2) is 0 Å². The predicted molar refractivity (Wildman–Crippen MR) is 38.6 cm³/mol. The fraction of sp³-hybridized carbons (Fsp3) is 0.500. The number of nitrogens with two attached hydrogens (primary N) is 2. The highest BCUT2D eigenvalue weighted by molar-refractivity contribution is 7.97. The van der Waals surface area contributed by atoms with Crippen LogP contribution < -0.4 is 11.6 Å². The largest absolute Gasteiger partial charge is 0.404 e. The average Bonchev–Trinajstić information content (AvgIpc) is 1.94. The molecular formula is C4H12N2O2S. The fourth-order valence-corrected chi connectivity index (χ4v) is 0.232. The van der Waals surface area contributed by atoms with E-state index in [1.165, 1.54) is 11.6 Å². The molecule has 0 saturated heterocycles. The molecular weight excluding hydrogens is 140 g/mol. The quantitative estimate of drug-likeness (QED) is 0.272. The lowest BCUT2D eigenvalue weighted by Crippen LogP contribution is -1.92. The maximum Gasteiger partial charge on any atom is 0.0637 e. The molecule has 0 heterocycles. The number of rotatable bonds is 3. The van der Waals surface area contributed by atoms with Crippen molar-refractivity contribution in [3.63, 3.8) is 0 Å². The van der Waals surface area contributed by atoms with Crippen LogP contribution in [0.1, 0.15) is 13.8 Å². The van der Waals surface area contributed by atoms with Gasteiger partial charge < -0.3 is 5.73 Å². The van der Waals surface area contributed by atoms with E-state index in [0.29, 0.717) is 0 Å². The smallest absolute Gasteiger partial charge is 0.0637 e. The lowest BCUT2D eigenvalue weighted by molar-refractivity contribution is -0.194. The molecule has 0 unspecified atom stereocenters. The van der Waals surface area contributed by atoms with E-state index in [0.717, 1.165) is 12.0 Å². The van der Waals surface area contributed by atoms with Crippen LogP contribution in [0.5, 0.6) is 0 Å². The lowest BCUT2D eigenvalue weighted by Gasteiger charge is -1.85. The van der Waals surface area contributed by atoms with Gasteiger partial charge >= 0.3 is 0 Å². The van der Waals surface area contributed by atoms with E-state index in [-0.39, 0.29) is 0 Å². The SMILES string of the molecule is CC.N/C=C\SOON. The van der Waals surface area contributed by atoms with E-state index in [4.69, 9.17) is 5.73 Å². The zero-order valence-corrected chi connectivity index (χ0v) is 6.35. The summed E-state index contributed by atoms with van der Waals surface area (Å²) in [4.78, 5) is 3.70. The van der Waals surface area contributed by atoms with E-state index in [9.17, 15) is 0 Å². The Balaban J connectivity index is 0. The van der Waals surface area contributed by atoms with Crippen LogP contribution >= 0.6 is 12.0 Å². The van der Waals surface area contributed by atoms with Gasteiger partial charge in [0.15, 0.2) is 0 Å². The Morgan fingerprint density at radius 2 is 2.00 bits per heavy atom. The maximum atomic E-state index is 4.89. The molecule has 9 heavy (non-hydrogen) atoms. The molecule has 0 aliphatic carbocycles. The summed E-state index contributed by atoms with van der Waals surface area (Å²) in [5, 5.41) is 1.48. The zero-order chi connectivity index (χ0) is 7.54. The fourth-order valence-electron chi connectivity index (χ4n) is 0.0774. The van der Waals surface area contributed by atoms with Crippen LogP contribution in [0, 0.1) is 0 Å². The summed E-state index contributed by atoms with van der Waals surface area (Å²) in [6.45, 7) is 4.00. The molecule has 4 N–H and O–H groups in total. The highest BCUT2D eigenvalue weighted by Gasteiger charge is 1.73. The summed E-state index contributed by atoms with van der Waals surface area (Å²) >= 11 is 0.900. The highest BCUT2D eigenvalue weighted by atomic mass is 32.2. The molecule has 0 amide bonds. The van der Waals surface area contributed by atoms with Gasteiger partial charge in [-0.05, 0) is 0 Å². The normalized spacial score (nSPS) is 8.78. The highest BCUT2D eigenvalue weighted by Crippen LogP contribution is 1.99. The molecule has 0 aromatic heterocycles. The van der Waals surface area contributed by atoms with Crippen molar-refractivity contribution in [2.75, 3.05) is 0 Å². The van der Waals surface area contributed by atoms with E-state index in [1.54, 1.807) is 0 Å². The minimum Gasteiger partial charge on any atom is -0.404 e. The lowest BCUT2D eigenvalue weighted by atomic mass is 11.0. The van der Waals surface area contributed by atoms with Gasteiger partial charge in [0.25, 0.3) is 0 Å². The standard InChI is InChI=1S/C2H6N2O2S.C2H6/c3-1-2-7-6-5-4;1-2/h1-2H,3-4H2;1-2H3/b2-1-;. The topological polar surface area (TPSA) is 70.5 Å². The van der Waals surface area contributed by atoms with Crippen molar-refractivity contribution in [2.45, 2.75) is 13.8 Å². The summed E-state index contributed by atoms with van der Waals surface area (Å²) < 4.78 is 4.10. The van der Waals surface area contributed by atoms with E-state index < -0.39 is 0 Å². The first-order valence-electron chi connectivity index (χ1n) is 2.47. The van der Waals surface area contributed by atoms with Crippen molar-refractivity contribution < 1.29 is 9.32 Å². The Morgan fingerprint density at radius 1 is 1.44 bits per heavy atom. The van der Waals surface area contributed by atoms with Gasteiger partial charge in [-0.2, -0.15) is 5.90 Å². The third-order valence-corrected chi connectivity index (χ3v) is 0.638. The summed E-state index contributed by atoms with van der Waals surface area (Å²) in [6.07, 6.45) is 1.31. The molecule has 0 aromatic rings. The Morgan fingerprint density at radius 3 is 2.33 bits per heavy atom. The van der Waals surface area contributed by atoms with Crippen molar-refractivity contribution >= 4 is 12.0 Å². The first-order valence-corrected chi connectivity index (χ1v) is 3.28. The van der Waals surface area contributed by atoms with Crippen molar-refractivity contribution in [3.05, 3.63) is 11.6 Å². The molecule has 0 aromatic carbocycles. The molecule has 0 rings (SSSR count). The summed E-state index contributed by atoms with van der Waals surface area (Å²) in [5.41, 5.74) is 4.89. The van der Waals surface area contributed by atoms with Gasteiger partial charge in [-0.1, -0.05) is 13.8 Å². The van der Waals surface area contributed by atoms with Gasteiger partial charge in [-0.3, -0.25) is 0 Å². The first kappa shape index (κ1) is 11.6. The molecule has 0 radical (unpaired) electrons. The van der Waals surface area contributed by atoms with Crippen molar-refractivity contribution in [2.24, 2.45) is 11.6 Å². The van der Waals surface area contributed by atoms with Gasteiger partial charge in [-0.25, -0.2) is 0 Å². The van der Waals surface area contributed by atoms with Crippen LogP contribution in [0.2, 0.25) is 0 Å². The number of hydrogen-bond donors (Lipinski definition) is 2. The Hall–Kier alpha value is -0.230. The van der Waals surface area contributed by atoms with Crippen LogP contribution in [0.15, 0.2) is 11.6 Å². The Labute approximate surface area is 59.3 Å². The Bertz CT molecular complexity index is 60.5. The van der Waals surface area contributed by atoms with E-state index >= 15 is 0 Å². The average molecular weight is 152 g/mol. The van der Waals surface area contributed by atoms with E-state index in [2.05, 4.69) is 15.2 Å². The van der Waals surface area contributed by atoms with Crippen LogP contribution in [0.25, 0.3) is 0 Å². The minimum absolute atomic E-state index is 0.900. The van der Waals surface area contributed by atoms with Crippen molar-refractivity contribution in [3.8, 4) is 0 Å². The minimum atomic E-state index is 0.900. The van der Waals surface area contributed by atoms with Gasteiger partial charge in [0, 0.05) is 11.6 Å². The molecule has 0 saturated carbocycles. The third kappa shape index (κ3) is 18.2. The second-order valence-electron chi connectivity index (χ2n) is 0.589. The van der Waals surface area contributed by atoms with Gasteiger partial charge in [0.2, 0.25) is 0 Å². The molecule has 0 aliphatic heterocycles.